The van der Waals surface area contributed by atoms with E-state index in [2.05, 4.69) is 108 Å². The molecule has 150 valence electrons. The molecular weight excluding hydrogens is 408 g/mol. The quantitative estimate of drug-likeness (QED) is 0.272. The monoisotopic (exact) mass is 426 g/mol. The summed E-state index contributed by atoms with van der Waals surface area (Å²) in [7, 11) is 0. The van der Waals surface area contributed by atoms with Crippen LogP contribution in [0.15, 0.2) is 109 Å². The maximum atomic E-state index is 4.85. The van der Waals surface area contributed by atoms with Gasteiger partial charge in [0, 0.05) is 31.9 Å². The molecule has 7 aromatic rings. The molecule has 3 heterocycles. The Morgan fingerprint density at radius 3 is 2.31 bits per heavy atom. The number of nitrogens with zero attached hydrogens (tertiary/aromatic N) is 2. The molecule has 32 heavy (non-hydrogen) atoms. The van der Waals surface area contributed by atoms with Gasteiger partial charge in [-0.15, -0.1) is 11.3 Å². The SMILES string of the molecule is c1ccc(-c2cc3ccc4c(c5ccccc5n4-c4cc5ccccc5cn4)c3s2)cc1. The van der Waals surface area contributed by atoms with Gasteiger partial charge in [-0.1, -0.05) is 78.9 Å². The molecule has 0 N–H and O–H groups in total. The lowest BCUT2D eigenvalue weighted by molar-refractivity contribution is 1.09. The highest BCUT2D eigenvalue weighted by atomic mass is 32.1. The maximum Gasteiger partial charge on any atom is 0.138 e. The van der Waals surface area contributed by atoms with E-state index >= 15 is 0 Å². The van der Waals surface area contributed by atoms with Crippen LogP contribution in [0.2, 0.25) is 0 Å². The van der Waals surface area contributed by atoms with E-state index in [1.54, 1.807) is 0 Å². The standard InChI is InChI=1S/C29H18N2S/c1-2-8-19(9-3-1)26-16-21-14-15-25-28(29(21)32-26)23-12-6-7-13-24(23)31(25)27-17-20-10-4-5-11-22(20)18-30-27/h1-18H. The predicted octanol–water partition coefficient (Wildman–Crippen LogP) is 8.21. The van der Waals surface area contributed by atoms with Gasteiger partial charge in [0.05, 0.1) is 11.0 Å². The molecule has 0 saturated carbocycles. The minimum absolute atomic E-state index is 0.953. The second-order valence-electron chi connectivity index (χ2n) is 8.10. The molecule has 0 aliphatic carbocycles. The summed E-state index contributed by atoms with van der Waals surface area (Å²) >= 11 is 1.87. The summed E-state index contributed by atoms with van der Waals surface area (Å²) in [5.41, 5.74) is 3.65. The normalized spacial score (nSPS) is 11.8. The Balaban J connectivity index is 1.57. The first kappa shape index (κ1) is 17.7. The van der Waals surface area contributed by atoms with Crippen molar-refractivity contribution in [2.45, 2.75) is 0 Å². The first-order valence-corrected chi connectivity index (χ1v) is 11.5. The molecule has 0 radical (unpaired) electrons. The summed E-state index contributed by atoms with van der Waals surface area (Å²) in [5, 5.41) is 6.22. The third-order valence-corrected chi connectivity index (χ3v) is 7.44. The van der Waals surface area contributed by atoms with E-state index in [1.807, 2.05) is 17.5 Å². The fraction of sp³-hybridized carbons (Fsp3) is 0. The molecule has 0 aliphatic heterocycles. The lowest BCUT2D eigenvalue weighted by atomic mass is 10.1. The van der Waals surface area contributed by atoms with Gasteiger partial charge in [0.25, 0.3) is 0 Å². The summed E-state index contributed by atoms with van der Waals surface area (Å²) in [5.74, 6) is 0.953. The Hall–Kier alpha value is -3.95. The van der Waals surface area contributed by atoms with Crippen molar-refractivity contribution in [1.82, 2.24) is 9.55 Å². The van der Waals surface area contributed by atoms with Gasteiger partial charge in [-0.3, -0.25) is 4.57 Å². The molecule has 3 aromatic heterocycles. The van der Waals surface area contributed by atoms with Gasteiger partial charge >= 0.3 is 0 Å². The van der Waals surface area contributed by atoms with Crippen LogP contribution in [0.25, 0.3) is 58.9 Å². The van der Waals surface area contributed by atoms with E-state index in [4.69, 9.17) is 4.98 Å². The Kier molecular flexibility index (Phi) is 3.75. The van der Waals surface area contributed by atoms with E-state index in [-0.39, 0.29) is 0 Å². The van der Waals surface area contributed by atoms with Crippen LogP contribution in [0.5, 0.6) is 0 Å². The molecule has 0 aliphatic rings. The van der Waals surface area contributed by atoms with Crippen LogP contribution < -0.4 is 0 Å². The number of hydrogen-bond acceptors (Lipinski definition) is 2. The molecule has 7 rings (SSSR count). The number of benzene rings is 4. The fourth-order valence-corrected chi connectivity index (χ4v) is 5.96. The molecule has 2 nitrogen and oxygen atoms in total. The van der Waals surface area contributed by atoms with Gasteiger partial charge in [-0.2, -0.15) is 0 Å². The maximum absolute atomic E-state index is 4.85. The van der Waals surface area contributed by atoms with Crippen molar-refractivity contribution in [3.05, 3.63) is 109 Å². The molecule has 0 saturated heterocycles. The smallest absolute Gasteiger partial charge is 0.138 e. The number of hydrogen-bond donors (Lipinski definition) is 0. The van der Waals surface area contributed by atoms with Gasteiger partial charge in [0.2, 0.25) is 0 Å². The number of pyridine rings is 1. The fourth-order valence-electron chi connectivity index (χ4n) is 4.73. The van der Waals surface area contributed by atoms with Crippen molar-refractivity contribution >= 4 is 54.0 Å². The number of fused-ring (bicyclic) bond motifs is 6. The minimum atomic E-state index is 0.953. The highest BCUT2D eigenvalue weighted by Gasteiger charge is 2.17. The second kappa shape index (κ2) is 6.78. The first-order chi connectivity index (χ1) is 15.9. The van der Waals surface area contributed by atoms with Crippen molar-refractivity contribution in [3.63, 3.8) is 0 Å². The molecule has 0 atom stereocenters. The molecule has 0 bridgehead atoms. The van der Waals surface area contributed by atoms with Crippen molar-refractivity contribution in [2.24, 2.45) is 0 Å². The number of thiophene rings is 1. The zero-order valence-corrected chi connectivity index (χ0v) is 18.0. The summed E-state index contributed by atoms with van der Waals surface area (Å²) in [6, 6.07) is 36.7. The zero-order chi connectivity index (χ0) is 21.1. The zero-order valence-electron chi connectivity index (χ0n) is 17.2. The Morgan fingerprint density at radius 2 is 1.41 bits per heavy atom. The third kappa shape index (κ3) is 2.55. The van der Waals surface area contributed by atoms with E-state index in [0.717, 1.165) is 11.2 Å². The lowest BCUT2D eigenvalue weighted by Gasteiger charge is -2.08. The van der Waals surface area contributed by atoms with Crippen molar-refractivity contribution in [2.75, 3.05) is 0 Å². The molecule has 3 heteroatoms. The van der Waals surface area contributed by atoms with Gasteiger partial charge in [-0.05, 0) is 40.6 Å². The van der Waals surface area contributed by atoms with Crippen LogP contribution in [-0.2, 0) is 0 Å². The summed E-state index contributed by atoms with van der Waals surface area (Å²) in [6.07, 6.45) is 1.97. The Labute approximate surface area is 189 Å². The molecular formula is C29H18N2S. The molecule has 0 fully saturated rings. The van der Waals surface area contributed by atoms with Crippen molar-refractivity contribution in [1.29, 1.82) is 0 Å². The van der Waals surface area contributed by atoms with E-state index in [1.165, 1.54) is 47.7 Å². The summed E-state index contributed by atoms with van der Waals surface area (Å²) in [6.45, 7) is 0. The van der Waals surface area contributed by atoms with Gasteiger partial charge in [0.15, 0.2) is 0 Å². The van der Waals surface area contributed by atoms with Crippen LogP contribution in [0.1, 0.15) is 0 Å². The third-order valence-electron chi connectivity index (χ3n) is 6.22. The van der Waals surface area contributed by atoms with Crippen LogP contribution >= 0.6 is 11.3 Å². The molecule has 0 amide bonds. The van der Waals surface area contributed by atoms with Crippen LogP contribution in [-0.4, -0.2) is 9.55 Å². The van der Waals surface area contributed by atoms with Gasteiger partial charge in [-0.25, -0.2) is 4.98 Å². The lowest BCUT2D eigenvalue weighted by Crippen LogP contribution is -1.96. The average molecular weight is 427 g/mol. The largest absolute Gasteiger partial charge is 0.294 e. The van der Waals surface area contributed by atoms with E-state index in [9.17, 15) is 0 Å². The van der Waals surface area contributed by atoms with Crippen LogP contribution in [0.4, 0.5) is 0 Å². The van der Waals surface area contributed by atoms with Crippen molar-refractivity contribution in [3.8, 4) is 16.3 Å². The number of rotatable bonds is 2. The van der Waals surface area contributed by atoms with Crippen molar-refractivity contribution < 1.29 is 0 Å². The highest BCUT2D eigenvalue weighted by Crippen LogP contribution is 2.42. The predicted molar refractivity (Wildman–Crippen MR) is 137 cm³/mol. The van der Waals surface area contributed by atoms with E-state index < -0.39 is 0 Å². The second-order valence-corrected chi connectivity index (χ2v) is 9.15. The van der Waals surface area contributed by atoms with E-state index in [0.29, 0.717) is 0 Å². The number of aromatic nitrogens is 2. The first-order valence-electron chi connectivity index (χ1n) is 10.7. The summed E-state index contributed by atoms with van der Waals surface area (Å²) in [4.78, 5) is 6.15. The number of para-hydroxylation sites is 1. The molecule has 0 spiro atoms. The van der Waals surface area contributed by atoms with Gasteiger partial charge in [0.1, 0.15) is 5.82 Å². The van der Waals surface area contributed by atoms with Crippen LogP contribution in [0, 0.1) is 0 Å². The highest BCUT2D eigenvalue weighted by molar-refractivity contribution is 7.23. The topological polar surface area (TPSA) is 17.8 Å². The van der Waals surface area contributed by atoms with Crippen LogP contribution in [0.3, 0.4) is 0 Å². The molecule has 0 unspecified atom stereocenters. The average Bonchev–Trinajstić information content (AvgIpc) is 3.43. The summed E-state index contributed by atoms with van der Waals surface area (Å²) < 4.78 is 3.63. The van der Waals surface area contributed by atoms with Gasteiger partial charge < -0.3 is 0 Å². The Morgan fingerprint density at radius 1 is 0.625 bits per heavy atom. The molecule has 4 aromatic carbocycles. The Bertz CT molecular complexity index is 1770. The minimum Gasteiger partial charge on any atom is -0.294 e.